The molecular formula is C10H21Si. The van der Waals surface area contributed by atoms with Crippen molar-refractivity contribution in [3.8, 4) is 0 Å². The molecule has 1 aliphatic carbocycles. The molecule has 0 nitrogen and oxygen atoms in total. The molecule has 11 heavy (non-hydrogen) atoms. The van der Waals surface area contributed by atoms with Crippen molar-refractivity contribution in [2.24, 2.45) is 5.92 Å². The average molecular weight is 169 g/mol. The van der Waals surface area contributed by atoms with Gasteiger partial charge >= 0.3 is 0 Å². The summed E-state index contributed by atoms with van der Waals surface area (Å²) in [6.45, 7) is 4.68. The summed E-state index contributed by atoms with van der Waals surface area (Å²) in [4.78, 5) is 0. The third kappa shape index (κ3) is 2.33. The fourth-order valence-corrected chi connectivity index (χ4v) is 2.66. The van der Waals surface area contributed by atoms with Gasteiger partial charge in [-0.3, -0.25) is 0 Å². The van der Waals surface area contributed by atoms with E-state index in [0.29, 0.717) is 5.04 Å². The topological polar surface area (TPSA) is 0 Å². The van der Waals surface area contributed by atoms with E-state index in [9.17, 15) is 0 Å². The molecule has 1 fully saturated rings. The molecular weight excluding hydrogens is 148 g/mol. The largest absolute Gasteiger partial charge is 0.0624 e. The van der Waals surface area contributed by atoms with E-state index in [1.54, 1.807) is 0 Å². The zero-order valence-electron chi connectivity index (χ0n) is 8.19. The summed E-state index contributed by atoms with van der Waals surface area (Å²) in [5, 5.41) is 0.625. The van der Waals surface area contributed by atoms with Crippen molar-refractivity contribution < 1.29 is 0 Å². The van der Waals surface area contributed by atoms with Crippen molar-refractivity contribution in [1.82, 2.24) is 0 Å². The van der Waals surface area contributed by atoms with Gasteiger partial charge in [0.05, 0.1) is 0 Å². The second-order valence-electron chi connectivity index (χ2n) is 4.44. The van der Waals surface area contributed by atoms with Crippen LogP contribution < -0.4 is 0 Å². The van der Waals surface area contributed by atoms with Gasteiger partial charge in [-0.1, -0.05) is 46.0 Å². The monoisotopic (exact) mass is 169 g/mol. The van der Waals surface area contributed by atoms with Gasteiger partial charge < -0.3 is 0 Å². The van der Waals surface area contributed by atoms with Crippen molar-refractivity contribution in [3.05, 3.63) is 6.42 Å². The lowest BCUT2D eigenvalue weighted by atomic mass is 9.79. The molecule has 1 radical (unpaired) electrons. The van der Waals surface area contributed by atoms with Gasteiger partial charge in [-0.05, 0) is 17.4 Å². The van der Waals surface area contributed by atoms with E-state index in [4.69, 9.17) is 0 Å². The maximum Gasteiger partial charge on any atom is 0.0110 e. The Bertz CT molecular complexity index is 112. The average Bonchev–Trinajstić information content (AvgIpc) is 2.06. The van der Waals surface area contributed by atoms with Gasteiger partial charge in [-0.25, -0.2) is 0 Å². The number of hydrogen-bond donors (Lipinski definition) is 0. The summed E-state index contributed by atoms with van der Waals surface area (Å²) in [5.74, 6) is 1.02. The molecule has 1 aliphatic rings. The van der Waals surface area contributed by atoms with Crippen LogP contribution in [0, 0.1) is 12.3 Å². The Hall–Kier alpha value is 0.217. The van der Waals surface area contributed by atoms with Gasteiger partial charge in [0.25, 0.3) is 0 Å². The molecule has 0 spiro atoms. The second kappa shape index (κ2) is 3.75. The SMILES string of the molecule is C[CH]C(C)([SiH3])C1CCCCC1. The normalized spacial score (nSPS) is 26.7. The summed E-state index contributed by atoms with van der Waals surface area (Å²) in [6.07, 6.45) is 9.87. The minimum atomic E-state index is 0.625. The van der Waals surface area contributed by atoms with E-state index >= 15 is 0 Å². The van der Waals surface area contributed by atoms with Crippen molar-refractivity contribution in [2.45, 2.75) is 51.0 Å². The second-order valence-corrected chi connectivity index (χ2v) is 6.60. The molecule has 0 amide bonds. The molecule has 1 heteroatoms. The maximum atomic E-state index is 2.44. The predicted molar refractivity (Wildman–Crippen MR) is 54.9 cm³/mol. The van der Waals surface area contributed by atoms with E-state index < -0.39 is 0 Å². The molecule has 0 aromatic carbocycles. The summed E-state index contributed by atoms with van der Waals surface area (Å²) >= 11 is 0. The van der Waals surface area contributed by atoms with Gasteiger partial charge in [0.2, 0.25) is 0 Å². The third-order valence-corrected chi connectivity index (χ3v) is 4.80. The minimum Gasteiger partial charge on any atom is -0.0624 e. The fraction of sp³-hybridized carbons (Fsp3) is 0.900. The first-order valence-corrected chi connectivity index (χ1v) is 5.97. The number of rotatable bonds is 2. The van der Waals surface area contributed by atoms with Crippen LogP contribution in [0.3, 0.4) is 0 Å². The van der Waals surface area contributed by atoms with Gasteiger partial charge in [-0.2, -0.15) is 0 Å². The molecule has 0 bridgehead atoms. The Labute approximate surface area is 74.2 Å². The van der Waals surface area contributed by atoms with Crippen LogP contribution in [0.15, 0.2) is 0 Å². The summed E-state index contributed by atoms with van der Waals surface area (Å²) in [6, 6.07) is 0. The van der Waals surface area contributed by atoms with Crippen LogP contribution in [0.25, 0.3) is 0 Å². The summed E-state index contributed by atoms with van der Waals surface area (Å²) in [7, 11) is 1.33. The van der Waals surface area contributed by atoms with Crippen molar-refractivity contribution >= 4 is 10.2 Å². The van der Waals surface area contributed by atoms with Gasteiger partial charge in [-0.15, -0.1) is 0 Å². The van der Waals surface area contributed by atoms with Crippen LogP contribution in [-0.2, 0) is 0 Å². The Morgan fingerprint density at radius 2 is 1.82 bits per heavy atom. The summed E-state index contributed by atoms with van der Waals surface area (Å²) in [5.41, 5.74) is 0. The van der Waals surface area contributed by atoms with Crippen LogP contribution >= 0.6 is 0 Å². The summed E-state index contributed by atoms with van der Waals surface area (Å²) < 4.78 is 0. The quantitative estimate of drug-likeness (QED) is 0.557. The minimum absolute atomic E-state index is 0.625. The lowest BCUT2D eigenvalue weighted by Gasteiger charge is -2.36. The smallest absolute Gasteiger partial charge is 0.0110 e. The Balaban J connectivity index is 2.43. The zero-order valence-corrected chi connectivity index (χ0v) is 10.2. The predicted octanol–water partition coefficient (Wildman–Crippen LogP) is 2.33. The fourth-order valence-electron chi connectivity index (χ4n) is 2.08. The van der Waals surface area contributed by atoms with E-state index in [1.165, 1.54) is 42.3 Å². The van der Waals surface area contributed by atoms with E-state index in [0.717, 1.165) is 5.92 Å². The van der Waals surface area contributed by atoms with Gasteiger partial charge in [0.15, 0.2) is 0 Å². The first-order chi connectivity index (χ1) is 5.17. The highest BCUT2D eigenvalue weighted by Crippen LogP contribution is 2.43. The highest BCUT2D eigenvalue weighted by atomic mass is 28.1. The van der Waals surface area contributed by atoms with Crippen LogP contribution in [0.1, 0.15) is 46.0 Å². The zero-order chi connectivity index (χ0) is 8.32. The van der Waals surface area contributed by atoms with Gasteiger partial charge in [0, 0.05) is 10.2 Å². The molecule has 0 aromatic rings. The molecule has 0 N–H and O–H groups in total. The molecule has 65 valence electrons. The molecule has 0 aliphatic heterocycles. The third-order valence-electron chi connectivity index (χ3n) is 3.40. The molecule has 0 heterocycles. The Kier molecular flexibility index (Phi) is 3.17. The Morgan fingerprint density at radius 1 is 1.27 bits per heavy atom. The molecule has 1 saturated carbocycles. The number of hydrogen-bond acceptors (Lipinski definition) is 0. The standard InChI is InChI=1S/C10H21Si/c1-3-10(2,11)9-7-5-4-6-8-9/h3,9H,4-8H2,1-2,11H3. The Morgan fingerprint density at radius 3 is 2.27 bits per heavy atom. The van der Waals surface area contributed by atoms with Crippen LogP contribution in [0.4, 0.5) is 0 Å². The molecule has 0 saturated heterocycles. The molecule has 1 rings (SSSR count). The van der Waals surface area contributed by atoms with E-state index in [2.05, 4.69) is 20.3 Å². The lowest BCUT2D eigenvalue weighted by Crippen LogP contribution is -2.22. The van der Waals surface area contributed by atoms with Gasteiger partial charge in [0.1, 0.15) is 0 Å². The molecule has 0 aromatic heterocycles. The van der Waals surface area contributed by atoms with Crippen LogP contribution in [-0.4, -0.2) is 10.2 Å². The molecule has 1 unspecified atom stereocenters. The van der Waals surface area contributed by atoms with E-state index in [-0.39, 0.29) is 0 Å². The molecule has 1 atom stereocenters. The van der Waals surface area contributed by atoms with Crippen LogP contribution in [0.5, 0.6) is 0 Å². The van der Waals surface area contributed by atoms with E-state index in [1.807, 2.05) is 0 Å². The first-order valence-electron chi connectivity index (χ1n) is 4.97. The van der Waals surface area contributed by atoms with Crippen LogP contribution in [0.2, 0.25) is 5.04 Å². The highest BCUT2D eigenvalue weighted by Gasteiger charge is 2.28. The van der Waals surface area contributed by atoms with Crippen molar-refractivity contribution in [2.75, 3.05) is 0 Å². The lowest BCUT2D eigenvalue weighted by molar-refractivity contribution is 0.300. The first kappa shape index (κ1) is 9.31. The van der Waals surface area contributed by atoms with Crippen molar-refractivity contribution in [3.63, 3.8) is 0 Å². The van der Waals surface area contributed by atoms with Crippen molar-refractivity contribution in [1.29, 1.82) is 0 Å². The maximum absolute atomic E-state index is 2.44. The highest BCUT2D eigenvalue weighted by molar-refractivity contribution is 6.16.